The third-order valence-electron chi connectivity index (χ3n) is 5.84. The zero-order valence-corrected chi connectivity index (χ0v) is 16.0. The first kappa shape index (κ1) is 19.1. The molecule has 30 heavy (non-hydrogen) atoms. The average molecular weight is 419 g/mol. The summed E-state index contributed by atoms with van der Waals surface area (Å²) in [7, 11) is 0. The number of alkyl halides is 3. The van der Waals surface area contributed by atoms with Gasteiger partial charge in [-0.05, 0) is 37.8 Å². The normalized spacial score (nSPS) is 24.2. The first-order chi connectivity index (χ1) is 14.4. The summed E-state index contributed by atoms with van der Waals surface area (Å²) in [5.74, 6) is 1.06. The molecule has 0 N–H and O–H groups in total. The number of ether oxygens (including phenoxy) is 1. The van der Waals surface area contributed by atoms with Crippen molar-refractivity contribution >= 4 is 11.8 Å². The van der Waals surface area contributed by atoms with Gasteiger partial charge in [0.15, 0.2) is 6.23 Å². The van der Waals surface area contributed by atoms with E-state index in [4.69, 9.17) is 4.74 Å². The summed E-state index contributed by atoms with van der Waals surface area (Å²) in [4.78, 5) is 28.8. The number of carbonyl (C=O) groups is 1. The minimum atomic E-state index is -4.47. The van der Waals surface area contributed by atoms with E-state index in [1.165, 1.54) is 11.0 Å². The van der Waals surface area contributed by atoms with Gasteiger partial charge in [-0.25, -0.2) is 14.8 Å². The molecule has 5 rings (SSSR count). The number of nitrogens with zero attached hydrogens (tertiary/aromatic N) is 5. The Morgan fingerprint density at radius 1 is 0.967 bits per heavy atom. The van der Waals surface area contributed by atoms with E-state index in [1.54, 1.807) is 17.3 Å². The lowest BCUT2D eigenvalue weighted by Crippen LogP contribution is -2.56. The third-order valence-corrected chi connectivity index (χ3v) is 5.84. The molecule has 158 valence electrons. The number of hydrogen-bond donors (Lipinski definition) is 0. The topological polar surface area (TPSA) is 71.5 Å². The van der Waals surface area contributed by atoms with E-state index in [0.717, 1.165) is 37.2 Å². The van der Waals surface area contributed by atoms with Gasteiger partial charge in [0, 0.05) is 31.1 Å². The van der Waals surface area contributed by atoms with Crippen LogP contribution in [0.3, 0.4) is 0 Å². The number of halogens is 3. The van der Waals surface area contributed by atoms with Gasteiger partial charge in [0.1, 0.15) is 5.82 Å². The lowest BCUT2D eigenvalue weighted by atomic mass is 10.1. The molecule has 0 spiro atoms. The van der Waals surface area contributed by atoms with Crippen molar-refractivity contribution in [2.24, 2.45) is 0 Å². The van der Waals surface area contributed by atoms with Gasteiger partial charge in [-0.15, -0.1) is 0 Å². The van der Waals surface area contributed by atoms with Crippen molar-refractivity contribution in [3.63, 3.8) is 0 Å². The Hall–Kier alpha value is -2.91. The highest BCUT2D eigenvalue weighted by Gasteiger charge is 2.44. The smallest absolute Gasteiger partial charge is 0.417 e. The van der Waals surface area contributed by atoms with E-state index < -0.39 is 18.0 Å². The molecule has 0 radical (unpaired) electrons. The highest BCUT2D eigenvalue weighted by atomic mass is 19.4. The number of fused-ring (bicyclic) bond motifs is 1. The summed E-state index contributed by atoms with van der Waals surface area (Å²) < 4.78 is 44.3. The summed E-state index contributed by atoms with van der Waals surface area (Å²) in [5, 5.41) is 0. The van der Waals surface area contributed by atoms with Crippen molar-refractivity contribution in [2.45, 2.75) is 56.5 Å². The Kier molecular flexibility index (Phi) is 4.52. The van der Waals surface area contributed by atoms with Crippen LogP contribution in [0.4, 0.5) is 23.8 Å². The molecule has 10 heteroatoms. The van der Waals surface area contributed by atoms with Gasteiger partial charge in [0.2, 0.25) is 5.88 Å². The van der Waals surface area contributed by atoms with Crippen LogP contribution in [-0.2, 0) is 6.18 Å². The van der Waals surface area contributed by atoms with Crippen LogP contribution >= 0.6 is 0 Å². The van der Waals surface area contributed by atoms with Gasteiger partial charge < -0.3 is 4.74 Å². The van der Waals surface area contributed by atoms with E-state index in [9.17, 15) is 18.0 Å². The monoisotopic (exact) mass is 419 g/mol. The molecule has 0 unspecified atom stereocenters. The molecule has 1 aliphatic carbocycles. The fourth-order valence-electron chi connectivity index (χ4n) is 4.08. The first-order valence-corrected chi connectivity index (χ1v) is 10.0. The van der Waals surface area contributed by atoms with Crippen LogP contribution in [0, 0.1) is 0 Å². The standard InChI is InChI=1S/C20H20F3N5O2/c21-20(22,23)13-3-5-16(25-9-13)27-8-7-14-4-6-18(28(14)19(27)29)30-17-11-24-15(10-26-17)12-1-2-12/h3,5,9-12,14,18H,1-2,4,6-8H2/t14-,18-/m1/s1. The van der Waals surface area contributed by atoms with Crippen molar-refractivity contribution < 1.29 is 22.7 Å². The zero-order chi connectivity index (χ0) is 20.9. The van der Waals surface area contributed by atoms with Crippen LogP contribution < -0.4 is 9.64 Å². The van der Waals surface area contributed by atoms with Crippen LogP contribution in [0.1, 0.15) is 49.3 Å². The van der Waals surface area contributed by atoms with Crippen LogP contribution in [0.2, 0.25) is 0 Å². The lowest BCUT2D eigenvalue weighted by Gasteiger charge is -2.39. The molecule has 3 fully saturated rings. The quantitative estimate of drug-likeness (QED) is 0.750. The second-order valence-corrected chi connectivity index (χ2v) is 7.89. The van der Waals surface area contributed by atoms with Crippen molar-refractivity contribution in [2.75, 3.05) is 11.4 Å². The minimum absolute atomic E-state index is 0.0342. The molecule has 3 aliphatic rings. The van der Waals surface area contributed by atoms with E-state index in [2.05, 4.69) is 15.0 Å². The van der Waals surface area contributed by atoms with Crippen molar-refractivity contribution in [3.05, 3.63) is 42.0 Å². The zero-order valence-electron chi connectivity index (χ0n) is 16.0. The number of pyridine rings is 1. The number of aromatic nitrogens is 3. The molecular formula is C20H20F3N5O2. The lowest BCUT2D eigenvalue weighted by molar-refractivity contribution is -0.137. The van der Waals surface area contributed by atoms with Crippen molar-refractivity contribution in [1.29, 1.82) is 0 Å². The summed E-state index contributed by atoms with van der Waals surface area (Å²) in [5.41, 5.74) is 0.115. The Balaban J connectivity index is 1.31. The summed E-state index contributed by atoms with van der Waals surface area (Å²) in [6, 6.07) is 1.89. The Morgan fingerprint density at radius 3 is 2.43 bits per heavy atom. The third kappa shape index (κ3) is 3.54. The molecule has 0 bridgehead atoms. The molecule has 2 aliphatic heterocycles. The summed E-state index contributed by atoms with van der Waals surface area (Å²) >= 11 is 0. The molecule has 4 heterocycles. The highest BCUT2D eigenvalue weighted by Crippen LogP contribution is 2.39. The number of urea groups is 1. The van der Waals surface area contributed by atoms with Crippen molar-refractivity contribution in [1.82, 2.24) is 19.9 Å². The SMILES string of the molecule is O=C1N(c2ccc(C(F)(F)F)cn2)CC[C@H]2CC[C@@H](Oc3cnc(C4CC4)cn3)N12. The second-order valence-electron chi connectivity index (χ2n) is 7.89. The number of amides is 2. The maximum absolute atomic E-state index is 13.1. The summed E-state index contributed by atoms with van der Waals surface area (Å²) in [6.07, 6.45) is 3.54. The Morgan fingerprint density at radius 2 is 1.80 bits per heavy atom. The summed E-state index contributed by atoms with van der Waals surface area (Å²) in [6.45, 7) is 0.404. The predicted octanol–water partition coefficient (Wildman–Crippen LogP) is 3.97. The molecule has 0 aromatic carbocycles. The fourth-order valence-corrected chi connectivity index (χ4v) is 4.08. The molecule has 2 saturated heterocycles. The molecule has 7 nitrogen and oxygen atoms in total. The Labute approximate surface area is 170 Å². The van der Waals surface area contributed by atoms with Crippen LogP contribution in [0.25, 0.3) is 0 Å². The van der Waals surface area contributed by atoms with E-state index in [0.29, 0.717) is 31.2 Å². The number of anilines is 1. The molecule has 2 amide bonds. The van der Waals surface area contributed by atoms with E-state index in [1.807, 2.05) is 0 Å². The van der Waals surface area contributed by atoms with E-state index in [-0.39, 0.29) is 17.9 Å². The average Bonchev–Trinajstić information content (AvgIpc) is 3.50. The van der Waals surface area contributed by atoms with E-state index >= 15 is 0 Å². The minimum Gasteiger partial charge on any atom is -0.452 e. The van der Waals surface area contributed by atoms with Gasteiger partial charge in [-0.3, -0.25) is 14.8 Å². The molecule has 2 aromatic rings. The van der Waals surface area contributed by atoms with Gasteiger partial charge in [-0.1, -0.05) is 0 Å². The van der Waals surface area contributed by atoms with Gasteiger partial charge in [-0.2, -0.15) is 13.2 Å². The van der Waals surface area contributed by atoms with Crippen LogP contribution in [-0.4, -0.2) is 44.7 Å². The van der Waals surface area contributed by atoms with Crippen molar-refractivity contribution in [3.8, 4) is 5.88 Å². The first-order valence-electron chi connectivity index (χ1n) is 10.0. The second kappa shape index (κ2) is 7.10. The molecular weight excluding hydrogens is 399 g/mol. The molecule has 2 aromatic heterocycles. The maximum Gasteiger partial charge on any atom is 0.417 e. The van der Waals surface area contributed by atoms with Gasteiger partial charge in [0.05, 0.1) is 23.7 Å². The Bertz CT molecular complexity index is 931. The predicted molar refractivity (Wildman–Crippen MR) is 99.9 cm³/mol. The fraction of sp³-hybridized carbons (Fsp3) is 0.500. The van der Waals surface area contributed by atoms with Crippen LogP contribution in [0.15, 0.2) is 30.7 Å². The molecule has 2 atom stereocenters. The van der Waals surface area contributed by atoms with Crippen LogP contribution in [0.5, 0.6) is 5.88 Å². The highest BCUT2D eigenvalue weighted by molar-refractivity contribution is 5.92. The molecule has 1 saturated carbocycles. The number of rotatable bonds is 4. The number of hydrogen-bond acceptors (Lipinski definition) is 5. The largest absolute Gasteiger partial charge is 0.452 e. The van der Waals surface area contributed by atoms with Gasteiger partial charge >= 0.3 is 12.2 Å². The maximum atomic E-state index is 13.1. The number of carbonyl (C=O) groups excluding carboxylic acids is 1. The van der Waals surface area contributed by atoms with Gasteiger partial charge in [0.25, 0.3) is 0 Å².